The van der Waals surface area contributed by atoms with E-state index >= 15 is 0 Å². The van der Waals surface area contributed by atoms with Gasteiger partial charge in [0, 0.05) is 22.8 Å². The molecule has 0 saturated carbocycles. The second kappa shape index (κ2) is 19.1. The van der Waals surface area contributed by atoms with Gasteiger partial charge in [-0.2, -0.15) is 0 Å². The molecular formula is C22H44O4Sn. The number of rotatable bonds is 12. The van der Waals surface area contributed by atoms with Gasteiger partial charge in [0.2, 0.25) is 0 Å². The van der Waals surface area contributed by atoms with Crippen LogP contribution in [-0.4, -0.2) is 33.1 Å². The van der Waals surface area contributed by atoms with Crippen LogP contribution in [0.15, 0.2) is 0 Å². The molecule has 27 heavy (non-hydrogen) atoms. The number of carbonyl (C=O) groups excluding carboxylic acids is 2. The SMILES string of the molecule is CCCCCCC(C)(C)C(=O)[O-].CCCCCCC(C)(C)C(=O)[O-].[CH3][Sn+2][CH3]. The molecule has 0 spiro atoms. The van der Waals surface area contributed by atoms with E-state index in [-0.39, 0.29) is 21.1 Å². The minimum atomic E-state index is -0.931. The Hall–Kier alpha value is -0.261. The Kier molecular flexibility index (Phi) is 22.2. The van der Waals surface area contributed by atoms with E-state index in [4.69, 9.17) is 0 Å². The molecule has 0 saturated heterocycles. The van der Waals surface area contributed by atoms with Gasteiger partial charge >= 0.3 is 31.0 Å². The summed E-state index contributed by atoms with van der Waals surface area (Å²) < 4.78 is 0. The van der Waals surface area contributed by atoms with Crippen LogP contribution in [0.25, 0.3) is 0 Å². The number of unbranched alkanes of at least 4 members (excludes halogenated alkanes) is 6. The van der Waals surface area contributed by atoms with Gasteiger partial charge in [0.05, 0.1) is 0 Å². The summed E-state index contributed by atoms with van der Waals surface area (Å²) in [6.45, 7) is 11.2. The number of hydrogen-bond acceptors (Lipinski definition) is 4. The summed E-state index contributed by atoms with van der Waals surface area (Å²) >= 11 is 0.230. The molecule has 0 aliphatic carbocycles. The van der Waals surface area contributed by atoms with Crippen molar-refractivity contribution in [2.24, 2.45) is 10.8 Å². The van der Waals surface area contributed by atoms with Gasteiger partial charge < -0.3 is 19.8 Å². The molecule has 4 nitrogen and oxygen atoms in total. The average molecular weight is 491 g/mol. The van der Waals surface area contributed by atoms with Crippen molar-refractivity contribution in [1.82, 2.24) is 0 Å². The fourth-order valence-corrected chi connectivity index (χ4v) is 2.19. The minimum absolute atomic E-state index is 0.230. The molecule has 0 fully saturated rings. The number of carbonyl (C=O) groups is 2. The number of aliphatic carboxylic acids is 2. The monoisotopic (exact) mass is 492 g/mol. The zero-order valence-electron chi connectivity index (χ0n) is 19.2. The predicted molar refractivity (Wildman–Crippen MR) is 113 cm³/mol. The first kappa shape index (κ1) is 31.4. The molecule has 0 aliphatic rings. The third kappa shape index (κ3) is 21.9. The van der Waals surface area contributed by atoms with Crippen LogP contribution >= 0.6 is 0 Å². The van der Waals surface area contributed by atoms with Crippen molar-refractivity contribution < 1.29 is 19.8 Å². The number of hydrogen-bond donors (Lipinski definition) is 0. The van der Waals surface area contributed by atoms with Crippen LogP contribution in [0.3, 0.4) is 0 Å². The van der Waals surface area contributed by atoms with Crippen molar-refractivity contribution in [2.45, 2.75) is 116 Å². The van der Waals surface area contributed by atoms with Gasteiger partial charge in [-0.25, -0.2) is 0 Å². The Labute approximate surface area is 179 Å². The summed E-state index contributed by atoms with van der Waals surface area (Å²) in [5, 5.41) is 21.1. The van der Waals surface area contributed by atoms with Gasteiger partial charge in [-0.3, -0.25) is 0 Å². The molecule has 0 unspecified atom stereocenters. The van der Waals surface area contributed by atoms with Gasteiger partial charge in [-0.15, -0.1) is 0 Å². The quantitative estimate of drug-likeness (QED) is 0.302. The number of carboxylic acid groups (broad SMARTS) is 2. The van der Waals surface area contributed by atoms with E-state index in [0.29, 0.717) is 0 Å². The van der Waals surface area contributed by atoms with E-state index in [2.05, 4.69) is 23.7 Å². The molecule has 0 radical (unpaired) electrons. The second-order valence-corrected chi connectivity index (χ2v) is 11.3. The summed E-state index contributed by atoms with van der Waals surface area (Å²) in [6, 6.07) is 0. The zero-order valence-corrected chi connectivity index (χ0v) is 22.1. The third-order valence-corrected chi connectivity index (χ3v) is 4.42. The summed E-state index contributed by atoms with van der Waals surface area (Å²) in [4.78, 5) is 25.7. The Morgan fingerprint density at radius 2 is 0.926 bits per heavy atom. The molecule has 0 aromatic carbocycles. The van der Waals surface area contributed by atoms with Gasteiger partial charge in [0.1, 0.15) is 0 Å². The fourth-order valence-electron chi connectivity index (χ4n) is 2.19. The Balaban J connectivity index is -0.000000372. The van der Waals surface area contributed by atoms with Crippen LogP contribution in [0.2, 0.25) is 9.88 Å². The summed E-state index contributed by atoms with van der Waals surface area (Å²) in [5.74, 6) is -1.86. The third-order valence-electron chi connectivity index (χ3n) is 4.42. The molecule has 0 atom stereocenters. The van der Waals surface area contributed by atoms with E-state index in [1.165, 1.54) is 25.7 Å². The Bertz CT molecular complexity index is 331. The first-order chi connectivity index (χ1) is 12.4. The summed E-state index contributed by atoms with van der Waals surface area (Å²) in [7, 11) is 0. The molecule has 0 N–H and O–H groups in total. The van der Waals surface area contributed by atoms with E-state index in [1.54, 1.807) is 27.7 Å². The van der Waals surface area contributed by atoms with Crippen LogP contribution in [0.1, 0.15) is 106 Å². The maximum absolute atomic E-state index is 10.6. The van der Waals surface area contributed by atoms with Crippen molar-refractivity contribution in [3.63, 3.8) is 0 Å². The summed E-state index contributed by atoms with van der Waals surface area (Å²) in [6.07, 6.45) is 10.5. The average Bonchev–Trinajstić information content (AvgIpc) is 2.57. The van der Waals surface area contributed by atoms with Crippen LogP contribution in [0.5, 0.6) is 0 Å². The van der Waals surface area contributed by atoms with Crippen molar-refractivity contribution in [3.8, 4) is 0 Å². The molecule has 0 heterocycles. The fraction of sp³-hybridized carbons (Fsp3) is 0.909. The predicted octanol–water partition coefficient (Wildman–Crippen LogP) is 4.25. The first-order valence-corrected chi connectivity index (χ1v) is 16.1. The normalized spacial score (nSPS) is 10.7. The molecule has 0 aliphatic heterocycles. The Morgan fingerprint density at radius 3 is 1.11 bits per heavy atom. The molecule has 5 heteroatoms. The van der Waals surface area contributed by atoms with Gasteiger partial charge in [0.15, 0.2) is 0 Å². The topological polar surface area (TPSA) is 80.3 Å². The standard InChI is InChI=1S/2C10H20O2.2CH3.Sn/c2*1-4-5-6-7-8-10(2,3)9(11)12;;;/h2*4-8H2,1-3H3,(H,11,12);2*1H3;/q;;;;+2/p-2. The van der Waals surface area contributed by atoms with Crippen molar-refractivity contribution in [1.29, 1.82) is 0 Å². The maximum atomic E-state index is 10.6. The molecule has 160 valence electrons. The van der Waals surface area contributed by atoms with Crippen molar-refractivity contribution in [3.05, 3.63) is 0 Å². The Morgan fingerprint density at radius 1 is 0.667 bits per heavy atom. The van der Waals surface area contributed by atoms with E-state index in [0.717, 1.165) is 38.5 Å². The summed E-state index contributed by atoms with van der Waals surface area (Å²) in [5.41, 5.74) is -1.29. The van der Waals surface area contributed by atoms with Gasteiger partial charge in [-0.05, 0) is 12.8 Å². The van der Waals surface area contributed by atoms with E-state index in [9.17, 15) is 19.8 Å². The van der Waals surface area contributed by atoms with Gasteiger partial charge in [-0.1, -0.05) is 92.9 Å². The van der Waals surface area contributed by atoms with Crippen LogP contribution in [0, 0.1) is 10.8 Å². The first-order valence-electron chi connectivity index (χ1n) is 10.4. The molecule has 0 rings (SSSR count). The van der Waals surface area contributed by atoms with Crippen molar-refractivity contribution >= 4 is 33.1 Å². The van der Waals surface area contributed by atoms with Crippen LogP contribution < -0.4 is 10.2 Å². The second-order valence-electron chi connectivity index (χ2n) is 8.46. The number of carboxylic acids is 2. The molecule has 0 aromatic heterocycles. The van der Waals surface area contributed by atoms with Crippen LogP contribution in [0.4, 0.5) is 0 Å². The molecule has 0 bridgehead atoms. The van der Waals surface area contributed by atoms with Crippen LogP contribution in [-0.2, 0) is 9.59 Å². The zero-order chi connectivity index (χ0) is 21.9. The molecule has 0 amide bonds. The van der Waals surface area contributed by atoms with E-state index in [1.807, 2.05) is 0 Å². The van der Waals surface area contributed by atoms with Crippen molar-refractivity contribution in [2.75, 3.05) is 0 Å². The van der Waals surface area contributed by atoms with Gasteiger partial charge in [0.25, 0.3) is 0 Å². The van der Waals surface area contributed by atoms with E-state index < -0.39 is 22.8 Å². The molecule has 0 aromatic rings. The molecular weight excluding hydrogens is 447 g/mol.